The molecule has 0 radical (unpaired) electrons. The Balaban J connectivity index is 2.82. The molecule has 0 amide bonds. The van der Waals surface area contributed by atoms with E-state index < -0.39 is 0 Å². The molecule has 0 fully saturated rings. The van der Waals surface area contributed by atoms with Gasteiger partial charge in [0.2, 0.25) is 5.78 Å². The van der Waals surface area contributed by atoms with Crippen molar-refractivity contribution >= 4 is 5.78 Å². The van der Waals surface area contributed by atoms with Gasteiger partial charge in [-0.05, 0) is 30.0 Å². The molecule has 0 unspecified atom stereocenters. The highest BCUT2D eigenvalue weighted by Crippen LogP contribution is 2.25. The Morgan fingerprint density at radius 3 is 2.76 bits per heavy atom. The van der Waals surface area contributed by atoms with Crippen LogP contribution in [0.25, 0.3) is 0 Å². The lowest BCUT2D eigenvalue weighted by molar-refractivity contribution is -0.114. The van der Waals surface area contributed by atoms with Gasteiger partial charge in [-0.3, -0.25) is 4.79 Å². The molecule has 0 aliphatic carbocycles. The fourth-order valence-electron chi connectivity index (χ4n) is 1.32. The van der Waals surface area contributed by atoms with Gasteiger partial charge in [0, 0.05) is 12.0 Å². The number of carbonyl (C=O) groups is 1. The van der Waals surface area contributed by atoms with Crippen molar-refractivity contribution in [3.8, 4) is 23.3 Å². The summed E-state index contributed by atoms with van der Waals surface area (Å²) in [5.41, 5.74) is 0.650. The summed E-state index contributed by atoms with van der Waals surface area (Å²) in [7, 11) is 1.47. The number of carbonyl (C=O) groups excluding carboxylic acids is 1. The van der Waals surface area contributed by atoms with Crippen molar-refractivity contribution < 1.29 is 14.6 Å². The second-order valence-electron chi connectivity index (χ2n) is 4.16. The van der Waals surface area contributed by atoms with Gasteiger partial charge in [0.15, 0.2) is 11.5 Å². The standard InChI is InChI=1S/C14H16O3/c1-10(2)8-12(15)6-4-11-5-7-13(16)14(9-11)17-3/h5,7,9-10,16H,8H2,1-3H3. The predicted octanol–water partition coefficient (Wildman–Crippen LogP) is 2.37. The van der Waals surface area contributed by atoms with Crippen molar-refractivity contribution in [3.05, 3.63) is 23.8 Å². The highest BCUT2D eigenvalue weighted by molar-refractivity contribution is 5.96. The molecule has 1 rings (SSSR count). The minimum absolute atomic E-state index is 0.0616. The number of phenols is 1. The quantitative estimate of drug-likeness (QED) is 0.814. The highest BCUT2D eigenvalue weighted by Gasteiger charge is 2.02. The number of Topliss-reactive ketones (excluding diaryl/α,β-unsaturated/α-hetero) is 1. The molecule has 0 spiro atoms. The van der Waals surface area contributed by atoms with Gasteiger partial charge in [-0.2, -0.15) is 0 Å². The molecule has 0 atom stereocenters. The Hall–Kier alpha value is -1.95. The van der Waals surface area contributed by atoms with E-state index in [1.807, 2.05) is 13.8 Å². The zero-order chi connectivity index (χ0) is 12.8. The third-order valence-electron chi connectivity index (χ3n) is 2.12. The number of methoxy groups -OCH3 is 1. The maximum Gasteiger partial charge on any atom is 0.206 e. The number of ether oxygens (including phenoxy) is 1. The monoisotopic (exact) mass is 232 g/mol. The van der Waals surface area contributed by atoms with Crippen LogP contribution in [-0.4, -0.2) is 18.0 Å². The Labute approximate surface area is 101 Å². The summed E-state index contributed by atoms with van der Waals surface area (Å²) in [6.07, 6.45) is 0.461. The summed E-state index contributed by atoms with van der Waals surface area (Å²) in [5, 5.41) is 9.39. The minimum atomic E-state index is -0.0768. The maximum atomic E-state index is 11.4. The first-order valence-electron chi connectivity index (χ1n) is 5.44. The van der Waals surface area contributed by atoms with Crippen LogP contribution in [0.2, 0.25) is 0 Å². The third kappa shape index (κ3) is 4.20. The van der Waals surface area contributed by atoms with E-state index in [2.05, 4.69) is 11.8 Å². The highest BCUT2D eigenvalue weighted by atomic mass is 16.5. The van der Waals surface area contributed by atoms with E-state index in [4.69, 9.17) is 4.74 Å². The Bertz CT molecular complexity index is 464. The molecule has 0 bridgehead atoms. The first-order valence-corrected chi connectivity index (χ1v) is 5.44. The number of hydrogen-bond acceptors (Lipinski definition) is 3. The number of benzene rings is 1. The molecule has 1 aromatic rings. The molecule has 90 valence electrons. The summed E-state index contributed by atoms with van der Waals surface area (Å²) in [5.74, 6) is 5.99. The molecule has 17 heavy (non-hydrogen) atoms. The molecule has 0 saturated heterocycles. The summed E-state index contributed by atoms with van der Waals surface area (Å²) in [6, 6.07) is 4.74. The van der Waals surface area contributed by atoms with Gasteiger partial charge in [0.25, 0.3) is 0 Å². The fourth-order valence-corrected chi connectivity index (χ4v) is 1.32. The predicted molar refractivity (Wildman–Crippen MR) is 66.0 cm³/mol. The van der Waals surface area contributed by atoms with Gasteiger partial charge in [0.1, 0.15) is 0 Å². The number of ketones is 1. The number of rotatable bonds is 3. The van der Waals surface area contributed by atoms with Crippen molar-refractivity contribution in [1.29, 1.82) is 0 Å². The molecule has 3 heteroatoms. The SMILES string of the molecule is COc1cc(C#CC(=O)CC(C)C)ccc1O. The lowest BCUT2D eigenvalue weighted by Gasteiger charge is -2.02. The normalized spacial score (nSPS) is 9.65. The Kier molecular flexibility index (Phi) is 4.59. The van der Waals surface area contributed by atoms with E-state index in [0.717, 1.165) is 0 Å². The largest absolute Gasteiger partial charge is 0.504 e. The van der Waals surface area contributed by atoms with Gasteiger partial charge in [-0.1, -0.05) is 19.8 Å². The van der Waals surface area contributed by atoms with Crippen LogP contribution in [0.5, 0.6) is 11.5 Å². The third-order valence-corrected chi connectivity index (χ3v) is 2.12. The van der Waals surface area contributed by atoms with Crippen molar-refractivity contribution in [2.24, 2.45) is 5.92 Å². The van der Waals surface area contributed by atoms with Crippen molar-refractivity contribution in [2.45, 2.75) is 20.3 Å². The molecule has 0 aromatic heterocycles. The number of phenolic OH excluding ortho intramolecular Hbond substituents is 1. The van der Waals surface area contributed by atoms with Gasteiger partial charge in [-0.15, -0.1) is 0 Å². The van der Waals surface area contributed by atoms with Gasteiger partial charge in [-0.25, -0.2) is 0 Å². The van der Waals surface area contributed by atoms with Crippen molar-refractivity contribution in [3.63, 3.8) is 0 Å². The molecule has 0 heterocycles. The molecular weight excluding hydrogens is 216 g/mol. The summed E-state index contributed by atoms with van der Waals surface area (Å²) < 4.78 is 4.95. The zero-order valence-corrected chi connectivity index (χ0v) is 10.3. The van der Waals surface area contributed by atoms with Crippen molar-refractivity contribution in [1.82, 2.24) is 0 Å². The van der Waals surface area contributed by atoms with E-state index in [1.165, 1.54) is 13.2 Å². The van der Waals surface area contributed by atoms with Crippen LogP contribution >= 0.6 is 0 Å². The molecule has 3 nitrogen and oxygen atoms in total. The second kappa shape index (κ2) is 5.95. The topological polar surface area (TPSA) is 46.5 Å². The van der Waals surface area contributed by atoms with Gasteiger partial charge >= 0.3 is 0 Å². The van der Waals surface area contributed by atoms with E-state index in [9.17, 15) is 9.90 Å². The molecule has 0 aliphatic rings. The van der Waals surface area contributed by atoms with E-state index in [1.54, 1.807) is 12.1 Å². The number of hydrogen-bond donors (Lipinski definition) is 1. The van der Waals surface area contributed by atoms with E-state index >= 15 is 0 Å². The molecule has 0 saturated carbocycles. The lowest BCUT2D eigenvalue weighted by atomic mass is 10.1. The van der Waals surface area contributed by atoms with Crippen molar-refractivity contribution in [2.75, 3.05) is 7.11 Å². The molecule has 1 N–H and O–H groups in total. The van der Waals surface area contributed by atoms with E-state index in [0.29, 0.717) is 23.7 Å². The fraction of sp³-hybridized carbons (Fsp3) is 0.357. The average molecular weight is 232 g/mol. The minimum Gasteiger partial charge on any atom is -0.504 e. The smallest absolute Gasteiger partial charge is 0.206 e. The molecular formula is C14H16O3. The Morgan fingerprint density at radius 1 is 1.47 bits per heavy atom. The molecule has 0 aliphatic heterocycles. The first kappa shape index (κ1) is 13.1. The van der Waals surface area contributed by atoms with Gasteiger partial charge < -0.3 is 9.84 Å². The number of aromatic hydroxyl groups is 1. The summed E-state index contributed by atoms with van der Waals surface area (Å²) >= 11 is 0. The Morgan fingerprint density at radius 2 is 2.18 bits per heavy atom. The van der Waals surface area contributed by atoms with E-state index in [-0.39, 0.29) is 11.5 Å². The average Bonchev–Trinajstić information content (AvgIpc) is 2.27. The van der Waals surface area contributed by atoms with Crippen LogP contribution in [0.1, 0.15) is 25.8 Å². The maximum absolute atomic E-state index is 11.4. The van der Waals surface area contributed by atoms with Crippen LogP contribution in [0.4, 0.5) is 0 Å². The van der Waals surface area contributed by atoms with Crippen LogP contribution in [0.15, 0.2) is 18.2 Å². The zero-order valence-electron chi connectivity index (χ0n) is 10.3. The molecule has 1 aromatic carbocycles. The first-order chi connectivity index (χ1) is 8.02. The van der Waals surface area contributed by atoms with Gasteiger partial charge in [0.05, 0.1) is 7.11 Å². The van der Waals surface area contributed by atoms with Crippen LogP contribution in [-0.2, 0) is 4.79 Å². The second-order valence-corrected chi connectivity index (χ2v) is 4.16. The van der Waals surface area contributed by atoms with Crippen LogP contribution in [0.3, 0.4) is 0 Å². The van der Waals surface area contributed by atoms with Crippen LogP contribution < -0.4 is 4.74 Å². The summed E-state index contributed by atoms with van der Waals surface area (Å²) in [4.78, 5) is 11.4. The van der Waals surface area contributed by atoms with Crippen LogP contribution in [0, 0.1) is 17.8 Å². The lowest BCUT2D eigenvalue weighted by Crippen LogP contribution is -1.99. The summed E-state index contributed by atoms with van der Waals surface area (Å²) in [6.45, 7) is 3.95.